The first-order chi connectivity index (χ1) is 16.5. The standard InChI is InChI=1S/C27H26FN5O/c1-18(2)33-17-29-26(31-33)24-16-32(15-19-7-4-3-5-8-19)25-12-11-20(13-23(24)25)27(34)30-22-10-6-9-21(28)14-22/h3-14,17-18,24H,15-16H2,1-2H3,(H,30,34). The molecule has 7 heteroatoms. The highest BCUT2D eigenvalue weighted by Gasteiger charge is 2.33. The molecular formula is C27H26FN5O. The van der Waals surface area contributed by atoms with Crippen LogP contribution in [0.1, 0.15) is 53.1 Å². The molecule has 1 N–H and O–H groups in total. The maximum atomic E-state index is 13.5. The van der Waals surface area contributed by atoms with Crippen molar-refractivity contribution in [1.82, 2.24) is 14.8 Å². The molecule has 1 atom stereocenters. The van der Waals surface area contributed by atoms with Crippen LogP contribution in [0.3, 0.4) is 0 Å². The predicted octanol–water partition coefficient (Wildman–Crippen LogP) is 5.40. The van der Waals surface area contributed by atoms with E-state index in [0.29, 0.717) is 11.3 Å². The van der Waals surface area contributed by atoms with Crippen LogP contribution in [0.15, 0.2) is 79.1 Å². The van der Waals surface area contributed by atoms with Gasteiger partial charge in [-0.1, -0.05) is 36.4 Å². The van der Waals surface area contributed by atoms with E-state index in [2.05, 4.69) is 41.2 Å². The molecule has 0 spiro atoms. The van der Waals surface area contributed by atoms with Crippen LogP contribution < -0.4 is 10.2 Å². The number of aromatic nitrogens is 3. The van der Waals surface area contributed by atoms with Crippen LogP contribution in [0.2, 0.25) is 0 Å². The van der Waals surface area contributed by atoms with Crippen LogP contribution in [0.5, 0.6) is 0 Å². The zero-order chi connectivity index (χ0) is 23.7. The van der Waals surface area contributed by atoms with Gasteiger partial charge in [0.05, 0.1) is 5.92 Å². The van der Waals surface area contributed by atoms with E-state index in [-0.39, 0.29) is 17.9 Å². The summed E-state index contributed by atoms with van der Waals surface area (Å²) in [6.07, 6.45) is 1.76. The Hall–Kier alpha value is -4.00. The number of benzene rings is 3. The summed E-state index contributed by atoms with van der Waals surface area (Å²) in [5, 5.41) is 7.51. The Morgan fingerprint density at radius 2 is 1.91 bits per heavy atom. The van der Waals surface area contributed by atoms with E-state index < -0.39 is 5.82 Å². The minimum Gasteiger partial charge on any atom is -0.366 e. The summed E-state index contributed by atoms with van der Waals surface area (Å²) >= 11 is 0. The summed E-state index contributed by atoms with van der Waals surface area (Å²) in [6.45, 7) is 5.61. The van der Waals surface area contributed by atoms with Crippen LogP contribution in [-0.2, 0) is 6.54 Å². The molecule has 0 saturated carbocycles. The van der Waals surface area contributed by atoms with Gasteiger partial charge in [0.2, 0.25) is 0 Å². The third kappa shape index (κ3) is 4.41. The number of carbonyl (C=O) groups is 1. The maximum Gasteiger partial charge on any atom is 0.255 e. The highest BCUT2D eigenvalue weighted by Crippen LogP contribution is 2.40. The van der Waals surface area contributed by atoms with Gasteiger partial charge >= 0.3 is 0 Å². The van der Waals surface area contributed by atoms with E-state index in [1.807, 2.05) is 41.1 Å². The molecule has 1 amide bonds. The molecule has 0 saturated heterocycles. The topological polar surface area (TPSA) is 63.1 Å². The number of nitrogens with zero attached hydrogens (tertiary/aromatic N) is 4. The summed E-state index contributed by atoms with van der Waals surface area (Å²) in [4.78, 5) is 19.9. The molecule has 1 unspecified atom stereocenters. The van der Waals surface area contributed by atoms with Crippen molar-refractivity contribution in [2.75, 3.05) is 16.8 Å². The van der Waals surface area contributed by atoms with Gasteiger partial charge in [-0.3, -0.25) is 9.48 Å². The first-order valence-electron chi connectivity index (χ1n) is 11.4. The summed E-state index contributed by atoms with van der Waals surface area (Å²) in [7, 11) is 0. The first-order valence-corrected chi connectivity index (χ1v) is 11.4. The Kier molecular flexibility index (Phi) is 5.84. The fraction of sp³-hybridized carbons (Fsp3) is 0.222. The molecule has 0 fully saturated rings. The van der Waals surface area contributed by atoms with Crippen molar-refractivity contribution in [1.29, 1.82) is 0 Å². The molecule has 3 aromatic carbocycles. The number of hydrogen-bond acceptors (Lipinski definition) is 4. The zero-order valence-corrected chi connectivity index (χ0v) is 19.1. The molecular weight excluding hydrogens is 429 g/mol. The van der Waals surface area contributed by atoms with Crippen molar-refractivity contribution in [3.05, 3.63) is 107 Å². The SMILES string of the molecule is CC(C)n1cnc(C2CN(Cc3ccccc3)c3ccc(C(=O)Nc4cccc(F)c4)cc32)n1. The van der Waals surface area contributed by atoms with Gasteiger partial charge in [0.15, 0.2) is 5.82 Å². The fourth-order valence-corrected chi connectivity index (χ4v) is 4.32. The summed E-state index contributed by atoms with van der Waals surface area (Å²) in [5.41, 5.74) is 4.23. The minimum atomic E-state index is -0.393. The van der Waals surface area contributed by atoms with Crippen molar-refractivity contribution in [3.8, 4) is 0 Å². The Labute approximate surface area is 198 Å². The summed E-state index contributed by atoms with van der Waals surface area (Å²) < 4.78 is 15.4. The van der Waals surface area contributed by atoms with Gasteiger partial charge in [0.25, 0.3) is 5.91 Å². The summed E-state index contributed by atoms with van der Waals surface area (Å²) in [6, 6.07) is 22.1. The van der Waals surface area contributed by atoms with Gasteiger partial charge in [0.1, 0.15) is 12.1 Å². The molecule has 4 aromatic rings. The van der Waals surface area contributed by atoms with Crippen LogP contribution in [-0.4, -0.2) is 27.2 Å². The van der Waals surface area contributed by atoms with Crippen LogP contribution in [0.25, 0.3) is 0 Å². The fourth-order valence-electron chi connectivity index (χ4n) is 4.32. The van der Waals surface area contributed by atoms with Gasteiger partial charge in [-0.2, -0.15) is 5.10 Å². The van der Waals surface area contributed by atoms with Gasteiger partial charge in [-0.15, -0.1) is 0 Å². The largest absolute Gasteiger partial charge is 0.366 e. The molecule has 1 aromatic heterocycles. The number of rotatable bonds is 6. The molecule has 5 rings (SSSR count). The van der Waals surface area contributed by atoms with Gasteiger partial charge in [-0.25, -0.2) is 9.37 Å². The minimum absolute atomic E-state index is 0.0550. The van der Waals surface area contributed by atoms with E-state index in [0.717, 1.165) is 30.2 Å². The first kappa shape index (κ1) is 21.8. The maximum absolute atomic E-state index is 13.5. The summed E-state index contributed by atoms with van der Waals surface area (Å²) in [5.74, 6) is 0.0124. The Balaban J connectivity index is 1.48. The van der Waals surface area contributed by atoms with E-state index in [4.69, 9.17) is 5.10 Å². The van der Waals surface area contributed by atoms with Crippen LogP contribution >= 0.6 is 0 Å². The van der Waals surface area contributed by atoms with Crippen molar-refractivity contribution >= 4 is 17.3 Å². The lowest BCUT2D eigenvalue weighted by molar-refractivity contribution is 0.102. The second-order valence-corrected chi connectivity index (χ2v) is 8.83. The Bertz CT molecular complexity index is 1320. The number of carbonyl (C=O) groups excluding carboxylic acids is 1. The van der Waals surface area contributed by atoms with Gasteiger partial charge in [0, 0.05) is 36.1 Å². The average Bonchev–Trinajstić information content (AvgIpc) is 3.45. The molecule has 1 aliphatic rings. The third-order valence-electron chi connectivity index (χ3n) is 6.07. The molecule has 2 heterocycles. The monoisotopic (exact) mass is 455 g/mol. The lowest BCUT2D eigenvalue weighted by atomic mass is 9.98. The van der Waals surface area contributed by atoms with Crippen LogP contribution in [0.4, 0.5) is 15.8 Å². The zero-order valence-electron chi connectivity index (χ0n) is 19.1. The predicted molar refractivity (Wildman–Crippen MR) is 131 cm³/mol. The number of fused-ring (bicyclic) bond motifs is 1. The number of hydrogen-bond donors (Lipinski definition) is 1. The highest BCUT2D eigenvalue weighted by atomic mass is 19.1. The van der Waals surface area contributed by atoms with Gasteiger partial charge < -0.3 is 10.2 Å². The second-order valence-electron chi connectivity index (χ2n) is 8.83. The number of halogens is 1. The Morgan fingerprint density at radius 3 is 2.65 bits per heavy atom. The number of nitrogens with one attached hydrogen (secondary N) is 1. The Morgan fingerprint density at radius 1 is 1.09 bits per heavy atom. The lowest BCUT2D eigenvalue weighted by Gasteiger charge is -2.20. The van der Waals surface area contributed by atoms with Crippen molar-refractivity contribution in [2.45, 2.75) is 32.4 Å². The van der Waals surface area contributed by atoms with E-state index in [1.54, 1.807) is 18.5 Å². The van der Waals surface area contributed by atoms with E-state index in [9.17, 15) is 9.18 Å². The van der Waals surface area contributed by atoms with Crippen LogP contribution in [0, 0.1) is 5.82 Å². The highest BCUT2D eigenvalue weighted by molar-refractivity contribution is 6.04. The second kappa shape index (κ2) is 9.09. The van der Waals surface area contributed by atoms with Crippen molar-refractivity contribution < 1.29 is 9.18 Å². The van der Waals surface area contributed by atoms with E-state index >= 15 is 0 Å². The molecule has 1 aliphatic heterocycles. The molecule has 0 radical (unpaired) electrons. The molecule has 0 bridgehead atoms. The number of amides is 1. The smallest absolute Gasteiger partial charge is 0.255 e. The molecule has 172 valence electrons. The van der Waals surface area contributed by atoms with Crippen molar-refractivity contribution in [3.63, 3.8) is 0 Å². The average molecular weight is 456 g/mol. The van der Waals surface area contributed by atoms with Gasteiger partial charge in [-0.05, 0) is 61.4 Å². The lowest BCUT2D eigenvalue weighted by Crippen LogP contribution is -2.22. The number of anilines is 2. The normalized spacial score (nSPS) is 14.9. The molecule has 0 aliphatic carbocycles. The van der Waals surface area contributed by atoms with Crippen molar-refractivity contribution in [2.24, 2.45) is 0 Å². The third-order valence-corrected chi connectivity index (χ3v) is 6.07. The molecule has 34 heavy (non-hydrogen) atoms. The van der Waals surface area contributed by atoms with E-state index in [1.165, 1.54) is 17.7 Å². The quantitative estimate of drug-likeness (QED) is 0.423. The molecule has 6 nitrogen and oxygen atoms in total.